The molecule has 148 valence electrons. The molecule has 2 atom stereocenters. The molecule has 1 saturated carbocycles. The van der Waals surface area contributed by atoms with Crippen LogP contribution in [0.5, 0.6) is 0 Å². The van der Waals surface area contributed by atoms with Crippen LogP contribution in [-0.4, -0.2) is 74.2 Å². The van der Waals surface area contributed by atoms with Crippen LogP contribution in [0.25, 0.3) is 0 Å². The molecule has 2 unspecified atom stereocenters. The highest BCUT2D eigenvalue weighted by Crippen LogP contribution is 2.59. The minimum Gasteiger partial charge on any atom is -0.380 e. The summed E-state index contributed by atoms with van der Waals surface area (Å²) in [5.74, 6) is 0.756. The van der Waals surface area contributed by atoms with Gasteiger partial charge in [0, 0.05) is 44.7 Å². The van der Waals surface area contributed by atoms with Gasteiger partial charge in [0.15, 0.2) is 0 Å². The van der Waals surface area contributed by atoms with Gasteiger partial charge >= 0.3 is 0 Å². The monoisotopic (exact) mass is 395 g/mol. The molecule has 1 aliphatic carbocycles. The average Bonchev–Trinajstić information content (AvgIpc) is 3.28. The SMILES string of the molecule is CCOCCN1CCN(C(=O)C2CC23CCNCC3)CC1CC.Cl.Cl. The van der Waals surface area contributed by atoms with Crippen LogP contribution in [0.15, 0.2) is 0 Å². The fourth-order valence-electron chi connectivity index (χ4n) is 4.50. The van der Waals surface area contributed by atoms with Gasteiger partial charge in [0.25, 0.3) is 0 Å². The first kappa shape index (κ1) is 23.0. The summed E-state index contributed by atoms with van der Waals surface area (Å²) in [6.45, 7) is 11.8. The van der Waals surface area contributed by atoms with Crippen molar-refractivity contribution in [3.63, 3.8) is 0 Å². The summed E-state index contributed by atoms with van der Waals surface area (Å²) in [7, 11) is 0. The Morgan fingerprint density at radius 3 is 2.56 bits per heavy atom. The normalized spacial score (nSPS) is 28.2. The van der Waals surface area contributed by atoms with Crippen LogP contribution >= 0.6 is 24.8 Å². The standard InChI is InChI=1S/C18H33N3O2.2ClH/c1-3-15-14-21(10-9-20(15)11-12-23-4-2)17(22)16-13-18(16)5-7-19-8-6-18;;/h15-16,19H,3-14H2,1-2H3;2*1H. The van der Waals surface area contributed by atoms with Crippen LogP contribution in [0.2, 0.25) is 0 Å². The van der Waals surface area contributed by atoms with Crippen molar-refractivity contribution in [2.45, 2.75) is 45.6 Å². The van der Waals surface area contributed by atoms with Crippen molar-refractivity contribution >= 4 is 30.7 Å². The molecule has 0 aromatic heterocycles. The van der Waals surface area contributed by atoms with Gasteiger partial charge in [-0.3, -0.25) is 9.69 Å². The summed E-state index contributed by atoms with van der Waals surface area (Å²) in [6, 6.07) is 0.496. The van der Waals surface area contributed by atoms with Crippen molar-refractivity contribution in [1.82, 2.24) is 15.1 Å². The Bertz CT molecular complexity index is 419. The van der Waals surface area contributed by atoms with Crippen LogP contribution < -0.4 is 5.32 Å². The lowest BCUT2D eigenvalue weighted by atomic mass is 9.91. The van der Waals surface area contributed by atoms with E-state index in [1.54, 1.807) is 0 Å². The first-order valence-electron chi connectivity index (χ1n) is 9.51. The first-order valence-corrected chi connectivity index (χ1v) is 9.51. The van der Waals surface area contributed by atoms with Gasteiger partial charge in [0.2, 0.25) is 5.91 Å². The molecule has 0 radical (unpaired) electrons. The Labute approximate surface area is 165 Å². The van der Waals surface area contributed by atoms with Crippen LogP contribution in [0, 0.1) is 11.3 Å². The van der Waals surface area contributed by atoms with E-state index in [4.69, 9.17) is 4.74 Å². The fourth-order valence-corrected chi connectivity index (χ4v) is 4.50. The molecule has 2 saturated heterocycles. The minimum atomic E-state index is 0. The summed E-state index contributed by atoms with van der Waals surface area (Å²) >= 11 is 0. The molecule has 0 aromatic carbocycles. The zero-order chi connectivity index (χ0) is 16.3. The van der Waals surface area contributed by atoms with Crippen molar-refractivity contribution < 1.29 is 9.53 Å². The smallest absolute Gasteiger partial charge is 0.226 e. The summed E-state index contributed by atoms with van der Waals surface area (Å²) in [5.41, 5.74) is 0.357. The number of hydrogen-bond donors (Lipinski definition) is 1. The Kier molecular flexibility index (Phi) is 9.47. The topological polar surface area (TPSA) is 44.8 Å². The van der Waals surface area contributed by atoms with Crippen molar-refractivity contribution in [2.75, 3.05) is 52.5 Å². The third-order valence-electron chi connectivity index (χ3n) is 6.20. The van der Waals surface area contributed by atoms with Gasteiger partial charge < -0.3 is 15.0 Å². The number of ether oxygens (including phenoxy) is 1. The average molecular weight is 396 g/mol. The maximum atomic E-state index is 12.9. The molecular weight excluding hydrogens is 361 g/mol. The first-order chi connectivity index (χ1) is 11.2. The number of hydrogen-bond acceptors (Lipinski definition) is 4. The van der Waals surface area contributed by atoms with Gasteiger partial charge in [-0.25, -0.2) is 0 Å². The van der Waals surface area contributed by atoms with Gasteiger partial charge in [-0.2, -0.15) is 0 Å². The molecule has 3 aliphatic rings. The molecular formula is C18H35Cl2N3O2. The van der Waals surface area contributed by atoms with E-state index in [1.165, 1.54) is 12.8 Å². The van der Waals surface area contributed by atoms with E-state index in [-0.39, 0.29) is 24.8 Å². The van der Waals surface area contributed by atoms with E-state index >= 15 is 0 Å². The van der Waals surface area contributed by atoms with Gasteiger partial charge in [0.1, 0.15) is 0 Å². The Morgan fingerprint density at radius 2 is 1.92 bits per heavy atom. The zero-order valence-electron chi connectivity index (χ0n) is 15.7. The van der Waals surface area contributed by atoms with E-state index < -0.39 is 0 Å². The van der Waals surface area contributed by atoms with Crippen LogP contribution in [0.4, 0.5) is 0 Å². The van der Waals surface area contributed by atoms with E-state index in [0.29, 0.717) is 23.3 Å². The summed E-state index contributed by atoms with van der Waals surface area (Å²) < 4.78 is 5.50. The largest absolute Gasteiger partial charge is 0.380 e. The van der Waals surface area contributed by atoms with E-state index in [0.717, 1.165) is 65.3 Å². The lowest BCUT2D eigenvalue weighted by Crippen LogP contribution is -2.55. The molecule has 2 heterocycles. The second kappa shape index (κ2) is 10.3. The van der Waals surface area contributed by atoms with E-state index in [1.807, 2.05) is 6.92 Å². The fraction of sp³-hybridized carbons (Fsp3) is 0.944. The molecule has 2 aliphatic heterocycles. The highest BCUT2D eigenvalue weighted by Gasteiger charge is 2.58. The number of nitrogens with one attached hydrogen (secondary N) is 1. The number of nitrogens with zero attached hydrogens (tertiary/aromatic N) is 2. The highest BCUT2D eigenvalue weighted by molar-refractivity contribution is 5.85. The molecule has 0 bridgehead atoms. The third-order valence-corrected chi connectivity index (χ3v) is 6.20. The van der Waals surface area contributed by atoms with E-state index in [9.17, 15) is 4.79 Å². The number of carbonyl (C=O) groups excluding carboxylic acids is 1. The molecule has 3 rings (SSSR count). The maximum absolute atomic E-state index is 12.9. The highest BCUT2D eigenvalue weighted by atomic mass is 35.5. The van der Waals surface area contributed by atoms with Crippen molar-refractivity contribution in [1.29, 1.82) is 0 Å². The van der Waals surface area contributed by atoms with Gasteiger partial charge in [-0.05, 0) is 51.1 Å². The minimum absolute atomic E-state index is 0. The predicted molar refractivity (Wildman–Crippen MR) is 106 cm³/mol. The number of rotatable bonds is 6. The lowest BCUT2D eigenvalue weighted by molar-refractivity contribution is -0.136. The quantitative estimate of drug-likeness (QED) is 0.699. The third kappa shape index (κ3) is 5.23. The van der Waals surface area contributed by atoms with Crippen LogP contribution in [-0.2, 0) is 9.53 Å². The number of carbonyl (C=O) groups is 1. The number of piperidine rings is 1. The summed E-state index contributed by atoms with van der Waals surface area (Å²) in [5, 5.41) is 3.42. The van der Waals surface area contributed by atoms with Crippen molar-refractivity contribution in [3.05, 3.63) is 0 Å². The zero-order valence-corrected chi connectivity index (χ0v) is 17.3. The number of amides is 1. The van der Waals surface area contributed by atoms with Gasteiger partial charge in [-0.15, -0.1) is 24.8 Å². The molecule has 5 nitrogen and oxygen atoms in total. The summed E-state index contributed by atoms with van der Waals surface area (Å²) in [6.07, 6.45) is 4.62. The second-order valence-electron chi connectivity index (χ2n) is 7.45. The van der Waals surface area contributed by atoms with Gasteiger partial charge in [0.05, 0.1) is 6.61 Å². The maximum Gasteiger partial charge on any atom is 0.226 e. The Hall–Kier alpha value is -0.0700. The molecule has 1 amide bonds. The molecule has 0 aromatic rings. The number of piperazine rings is 1. The molecule has 3 fully saturated rings. The summed E-state index contributed by atoms with van der Waals surface area (Å²) in [4.78, 5) is 17.6. The predicted octanol–water partition coefficient (Wildman–Crippen LogP) is 2.18. The molecule has 1 spiro atoms. The lowest BCUT2D eigenvalue weighted by Gasteiger charge is -2.41. The Morgan fingerprint density at radius 1 is 1.20 bits per heavy atom. The van der Waals surface area contributed by atoms with E-state index in [2.05, 4.69) is 22.0 Å². The van der Waals surface area contributed by atoms with Gasteiger partial charge in [-0.1, -0.05) is 6.92 Å². The Balaban J connectivity index is 0.00000156. The molecule has 25 heavy (non-hydrogen) atoms. The van der Waals surface area contributed by atoms with Crippen LogP contribution in [0.3, 0.4) is 0 Å². The van der Waals surface area contributed by atoms with Crippen molar-refractivity contribution in [3.8, 4) is 0 Å². The number of halogens is 2. The molecule has 1 N–H and O–H groups in total. The second-order valence-corrected chi connectivity index (χ2v) is 7.45. The molecule has 7 heteroatoms. The van der Waals surface area contributed by atoms with Crippen molar-refractivity contribution in [2.24, 2.45) is 11.3 Å². The van der Waals surface area contributed by atoms with Crippen LogP contribution in [0.1, 0.15) is 39.5 Å².